The summed E-state index contributed by atoms with van der Waals surface area (Å²) in [4.78, 5) is 47.9. The van der Waals surface area contributed by atoms with Crippen LogP contribution in [0.5, 0.6) is 5.75 Å². The maximum absolute atomic E-state index is 12.1. The SMILES string of the molecule is O=C(COc1ccccc1)N[C@@H]1C(=O)N2C(C(=O)O)C(=O)CC[C@@H]12. The molecule has 0 radical (unpaired) electrons. The molecule has 2 aliphatic rings. The van der Waals surface area contributed by atoms with Gasteiger partial charge >= 0.3 is 5.97 Å². The molecule has 2 saturated heterocycles. The molecule has 2 N–H and O–H groups in total. The van der Waals surface area contributed by atoms with Crippen molar-refractivity contribution in [3.63, 3.8) is 0 Å². The molecule has 126 valence electrons. The van der Waals surface area contributed by atoms with E-state index >= 15 is 0 Å². The summed E-state index contributed by atoms with van der Waals surface area (Å²) in [5.74, 6) is -2.31. The van der Waals surface area contributed by atoms with Gasteiger partial charge in [0.2, 0.25) is 5.91 Å². The Hall–Kier alpha value is -2.90. The third-order valence-corrected chi connectivity index (χ3v) is 4.20. The van der Waals surface area contributed by atoms with Crippen LogP contribution in [0, 0.1) is 0 Å². The Morgan fingerprint density at radius 1 is 1.25 bits per heavy atom. The van der Waals surface area contributed by atoms with E-state index in [4.69, 9.17) is 9.84 Å². The lowest BCUT2D eigenvalue weighted by Gasteiger charge is -2.51. The third kappa shape index (κ3) is 2.82. The fraction of sp³-hybridized carbons (Fsp3) is 0.375. The lowest BCUT2D eigenvalue weighted by atomic mass is 9.82. The van der Waals surface area contributed by atoms with Crippen molar-refractivity contribution in [1.82, 2.24) is 10.2 Å². The number of aliphatic carboxylic acids is 1. The van der Waals surface area contributed by atoms with Gasteiger partial charge in [-0.05, 0) is 18.6 Å². The van der Waals surface area contributed by atoms with Crippen molar-refractivity contribution in [2.45, 2.75) is 31.0 Å². The minimum atomic E-state index is -1.44. The fourth-order valence-electron chi connectivity index (χ4n) is 3.07. The number of ketones is 1. The summed E-state index contributed by atoms with van der Waals surface area (Å²) in [6.45, 7) is -0.248. The largest absolute Gasteiger partial charge is 0.484 e. The van der Waals surface area contributed by atoms with Crippen LogP contribution in [-0.4, -0.2) is 58.3 Å². The number of β-lactam (4-membered cyclic amide) rings is 1. The highest BCUT2D eigenvalue weighted by Gasteiger charge is 2.57. The number of carboxylic acid groups (broad SMARTS) is 1. The second kappa shape index (κ2) is 6.31. The molecule has 1 aromatic rings. The molecule has 0 saturated carbocycles. The molecular formula is C16H16N2O6. The van der Waals surface area contributed by atoms with Gasteiger partial charge in [-0.25, -0.2) is 4.79 Å². The number of rotatable bonds is 5. The van der Waals surface area contributed by atoms with E-state index in [1.807, 2.05) is 6.07 Å². The predicted molar refractivity (Wildman–Crippen MR) is 80.2 cm³/mol. The number of para-hydroxylation sites is 1. The van der Waals surface area contributed by atoms with Crippen LogP contribution in [0.25, 0.3) is 0 Å². The lowest BCUT2D eigenvalue weighted by molar-refractivity contribution is -0.174. The van der Waals surface area contributed by atoms with Gasteiger partial charge in [0.05, 0.1) is 6.04 Å². The highest BCUT2D eigenvalue weighted by Crippen LogP contribution is 2.32. The van der Waals surface area contributed by atoms with Gasteiger partial charge in [-0.1, -0.05) is 18.2 Å². The lowest BCUT2D eigenvalue weighted by Crippen LogP contribution is -2.77. The molecule has 0 bridgehead atoms. The smallest absolute Gasteiger partial charge is 0.334 e. The molecule has 0 aromatic heterocycles. The number of Topliss-reactive ketones (excluding diaryl/α,β-unsaturated/α-hetero) is 1. The Bertz CT molecular complexity index is 689. The number of nitrogens with zero attached hydrogens (tertiary/aromatic N) is 1. The van der Waals surface area contributed by atoms with Crippen molar-refractivity contribution in [2.24, 2.45) is 0 Å². The Balaban J connectivity index is 1.57. The first-order valence-electron chi connectivity index (χ1n) is 7.54. The molecule has 2 aliphatic heterocycles. The van der Waals surface area contributed by atoms with Gasteiger partial charge in [0.1, 0.15) is 11.8 Å². The Kier molecular flexibility index (Phi) is 4.20. The van der Waals surface area contributed by atoms with Gasteiger partial charge in [-0.2, -0.15) is 0 Å². The van der Waals surface area contributed by atoms with E-state index in [0.29, 0.717) is 12.2 Å². The second-order valence-electron chi connectivity index (χ2n) is 5.71. The average molecular weight is 332 g/mol. The average Bonchev–Trinajstić information content (AvgIpc) is 2.58. The van der Waals surface area contributed by atoms with E-state index in [2.05, 4.69) is 5.32 Å². The molecular weight excluding hydrogens is 316 g/mol. The minimum absolute atomic E-state index is 0.0816. The van der Waals surface area contributed by atoms with Crippen molar-refractivity contribution in [3.8, 4) is 5.75 Å². The maximum Gasteiger partial charge on any atom is 0.334 e. The van der Waals surface area contributed by atoms with Crippen molar-refractivity contribution >= 4 is 23.6 Å². The standard InChI is InChI=1S/C16H16N2O6/c19-11-7-6-10-13(15(21)18(10)14(11)16(22)23)17-12(20)8-24-9-4-2-1-3-5-9/h1-5,10,13-14H,6-8H2,(H,17,20)(H,22,23)/t10-,13-,14?/m0/s1. The summed E-state index contributed by atoms with van der Waals surface area (Å²) in [5.41, 5.74) is 0. The zero-order valence-corrected chi connectivity index (χ0v) is 12.7. The van der Waals surface area contributed by atoms with E-state index in [-0.39, 0.29) is 13.0 Å². The number of carbonyl (C=O) groups excluding carboxylic acids is 3. The zero-order valence-electron chi connectivity index (χ0n) is 12.7. The zero-order chi connectivity index (χ0) is 17.3. The first kappa shape index (κ1) is 16.0. The number of piperidine rings is 1. The van der Waals surface area contributed by atoms with Gasteiger partial charge in [-0.3, -0.25) is 14.4 Å². The topological polar surface area (TPSA) is 113 Å². The Morgan fingerprint density at radius 3 is 2.62 bits per heavy atom. The van der Waals surface area contributed by atoms with Crippen LogP contribution < -0.4 is 10.1 Å². The second-order valence-corrected chi connectivity index (χ2v) is 5.71. The number of carbonyl (C=O) groups is 4. The molecule has 0 aliphatic carbocycles. The third-order valence-electron chi connectivity index (χ3n) is 4.20. The van der Waals surface area contributed by atoms with Crippen molar-refractivity contribution < 1.29 is 29.0 Å². The Labute approximate surface area is 137 Å². The van der Waals surface area contributed by atoms with Crippen molar-refractivity contribution in [1.29, 1.82) is 0 Å². The van der Waals surface area contributed by atoms with E-state index < -0.39 is 41.7 Å². The summed E-state index contributed by atoms with van der Waals surface area (Å²) in [6, 6.07) is 6.06. The van der Waals surface area contributed by atoms with Crippen molar-refractivity contribution in [3.05, 3.63) is 30.3 Å². The number of benzene rings is 1. The van der Waals surface area contributed by atoms with Crippen LogP contribution in [0.2, 0.25) is 0 Å². The molecule has 2 amide bonds. The first-order chi connectivity index (χ1) is 11.5. The molecule has 1 aromatic carbocycles. The number of fused-ring (bicyclic) bond motifs is 1. The minimum Gasteiger partial charge on any atom is -0.484 e. The van der Waals surface area contributed by atoms with Crippen LogP contribution in [0.1, 0.15) is 12.8 Å². The van der Waals surface area contributed by atoms with Crippen LogP contribution >= 0.6 is 0 Å². The van der Waals surface area contributed by atoms with Gasteiger partial charge in [0.15, 0.2) is 18.4 Å². The number of nitrogens with one attached hydrogen (secondary N) is 1. The highest BCUT2D eigenvalue weighted by molar-refractivity contribution is 6.09. The molecule has 8 nitrogen and oxygen atoms in total. The summed E-state index contributed by atoms with van der Waals surface area (Å²) in [5, 5.41) is 11.7. The monoisotopic (exact) mass is 332 g/mol. The normalized spacial score (nSPS) is 25.5. The molecule has 2 fully saturated rings. The molecule has 3 atom stereocenters. The van der Waals surface area contributed by atoms with Crippen LogP contribution in [0.4, 0.5) is 0 Å². The molecule has 24 heavy (non-hydrogen) atoms. The maximum atomic E-state index is 12.1. The molecule has 3 rings (SSSR count). The van der Waals surface area contributed by atoms with E-state index in [1.54, 1.807) is 24.3 Å². The van der Waals surface area contributed by atoms with Crippen molar-refractivity contribution in [2.75, 3.05) is 6.61 Å². The van der Waals surface area contributed by atoms with Gasteiger partial charge in [0, 0.05) is 6.42 Å². The molecule has 0 spiro atoms. The summed E-state index contributed by atoms with van der Waals surface area (Å²) in [6.07, 6.45) is 0.428. The van der Waals surface area contributed by atoms with Crippen LogP contribution in [0.15, 0.2) is 30.3 Å². The quantitative estimate of drug-likeness (QED) is 0.559. The number of amides is 2. The van der Waals surface area contributed by atoms with Crippen LogP contribution in [-0.2, 0) is 19.2 Å². The molecule has 2 heterocycles. The predicted octanol–water partition coefficient (Wildman–Crippen LogP) is -0.423. The van der Waals surface area contributed by atoms with E-state index in [9.17, 15) is 19.2 Å². The van der Waals surface area contributed by atoms with Crippen LogP contribution in [0.3, 0.4) is 0 Å². The molecule has 1 unspecified atom stereocenters. The summed E-state index contributed by atoms with van der Waals surface area (Å²) < 4.78 is 5.30. The fourth-order valence-corrected chi connectivity index (χ4v) is 3.07. The van der Waals surface area contributed by atoms with E-state index in [0.717, 1.165) is 4.90 Å². The summed E-state index contributed by atoms with van der Waals surface area (Å²) >= 11 is 0. The van der Waals surface area contributed by atoms with E-state index in [1.165, 1.54) is 0 Å². The number of hydrogen-bond acceptors (Lipinski definition) is 5. The number of hydrogen-bond donors (Lipinski definition) is 2. The highest BCUT2D eigenvalue weighted by atomic mass is 16.5. The number of carboxylic acids is 1. The van der Waals surface area contributed by atoms with Gasteiger partial charge < -0.3 is 20.1 Å². The first-order valence-corrected chi connectivity index (χ1v) is 7.54. The Morgan fingerprint density at radius 2 is 1.96 bits per heavy atom. The number of ether oxygens (including phenoxy) is 1. The van der Waals surface area contributed by atoms with Gasteiger partial charge in [-0.15, -0.1) is 0 Å². The van der Waals surface area contributed by atoms with Gasteiger partial charge in [0.25, 0.3) is 5.91 Å². The summed E-state index contributed by atoms with van der Waals surface area (Å²) in [7, 11) is 0. The molecule has 8 heteroatoms.